The third-order valence-electron chi connectivity index (χ3n) is 2.24. The fourth-order valence-corrected chi connectivity index (χ4v) is 1.36. The number of nitriles is 1. The predicted molar refractivity (Wildman–Crippen MR) is 60.1 cm³/mol. The first-order valence-corrected chi connectivity index (χ1v) is 5.11. The van der Waals surface area contributed by atoms with Gasteiger partial charge in [0.15, 0.2) is 11.6 Å². The second-order valence-corrected chi connectivity index (χ2v) is 3.57. The van der Waals surface area contributed by atoms with Crippen LogP contribution < -0.4 is 4.74 Å². The third-order valence-corrected chi connectivity index (χ3v) is 2.24. The molecule has 1 aromatic heterocycles. The van der Waals surface area contributed by atoms with Crippen LogP contribution in [0.5, 0.6) is 11.6 Å². The van der Waals surface area contributed by atoms with E-state index in [-0.39, 0.29) is 17.2 Å². The topological polar surface area (TPSA) is 45.9 Å². The van der Waals surface area contributed by atoms with E-state index in [0.29, 0.717) is 5.69 Å². The van der Waals surface area contributed by atoms with Gasteiger partial charge in [-0.25, -0.2) is 9.37 Å². The molecule has 0 atom stereocenters. The van der Waals surface area contributed by atoms with Crippen LogP contribution in [0, 0.1) is 29.9 Å². The molecular formula is C13H8F2N2O. The van der Waals surface area contributed by atoms with Crippen molar-refractivity contribution < 1.29 is 13.5 Å². The largest absolute Gasteiger partial charge is 0.434 e. The van der Waals surface area contributed by atoms with E-state index in [1.54, 1.807) is 13.0 Å². The van der Waals surface area contributed by atoms with Crippen molar-refractivity contribution in [1.82, 2.24) is 4.98 Å². The smallest absolute Gasteiger partial charge is 0.237 e. The summed E-state index contributed by atoms with van der Waals surface area (Å²) in [7, 11) is 0. The van der Waals surface area contributed by atoms with Gasteiger partial charge in [0.05, 0.1) is 0 Å². The minimum atomic E-state index is -1.11. The molecule has 0 N–H and O–H groups in total. The molecule has 5 heteroatoms. The first kappa shape index (κ1) is 12.0. The van der Waals surface area contributed by atoms with Gasteiger partial charge in [-0.2, -0.15) is 9.65 Å². The summed E-state index contributed by atoms with van der Waals surface area (Å²) in [6, 6.07) is 8.58. The molecule has 0 fully saturated rings. The van der Waals surface area contributed by atoms with Gasteiger partial charge in [0.2, 0.25) is 11.7 Å². The summed E-state index contributed by atoms with van der Waals surface area (Å²) in [6.07, 6.45) is 0. The highest BCUT2D eigenvalue weighted by atomic mass is 19.2. The molecule has 1 aromatic carbocycles. The maximum absolute atomic E-state index is 13.4. The van der Waals surface area contributed by atoms with E-state index < -0.39 is 11.6 Å². The highest BCUT2D eigenvalue weighted by Gasteiger charge is 2.13. The molecule has 0 bridgehead atoms. The Hall–Kier alpha value is -2.48. The highest BCUT2D eigenvalue weighted by Crippen LogP contribution is 2.26. The number of aromatic nitrogens is 1. The van der Waals surface area contributed by atoms with E-state index in [9.17, 15) is 8.78 Å². The third kappa shape index (κ3) is 2.28. The SMILES string of the molecule is Cc1ccc(C#N)c(Oc2cccc(F)c2F)n1. The summed E-state index contributed by atoms with van der Waals surface area (Å²) in [5.74, 6) is -2.46. The number of nitrogens with zero attached hydrogens (tertiary/aromatic N) is 2. The minimum Gasteiger partial charge on any atom is -0.434 e. The molecule has 0 saturated carbocycles. The Morgan fingerprint density at radius 3 is 2.72 bits per heavy atom. The fraction of sp³-hybridized carbons (Fsp3) is 0.0769. The Morgan fingerprint density at radius 2 is 2.00 bits per heavy atom. The molecule has 0 radical (unpaired) electrons. The maximum atomic E-state index is 13.4. The number of benzene rings is 1. The molecule has 0 spiro atoms. The Bertz CT molecular complexity index is 635. The van der Waals surface area contributed by atoms with Gasteiger partial charge in [0, 0.05) is 5.69 Å². The molecular weight excluding hydrogens is 238 g/mol. The lowest BCUT2D eigenvalue weighted by Crippen LogP contribution is -1.96. The van der Waals surface area contributed by atoms with Crippen LogP contribution in [-0.2, 0) is 0 Å². The van der Waals surface area contributed by atoms with Gasteiger partial charge < -0.3 is 4.74 Å². The molecule has 0 amide bonds. The number of ether oxygens (including phenoxy) is 1. The summed E-state index contributed by atoms with van der Waals surface area (Å²) < 4.78 is 31.6. The van der Waals surface area contributed by atoms with Gasteiger partial charge >= 0.3 is 0 Å². The Balaban J connectivity index is 2.43. The monoisotopic (exact) mass is 246 g/mol. The summed E-state index contributed by atoms with van der Waals surface area (Å²) in [5, 5.41) is 8.87. The molecule has 3 nitrogen and oxygen atoms in total. The zero-order valence-corrected chi connectivity index (χ0v) is 9.45. The molecule has 90 valence electrons. The fourth-order valence-electron chi connectivity index (χ4n) is 1.36. The average Bonchev–Trinajstić information content (AvgIpc) is 2.35. The second kappa shape index (κ2) is 4.80. The van der Waals surface area contributed by atoms with Crippen LogP contribution in [0.2, 0.25) is 0 Å². The summed E-state index contributed by atoms with van der Waals surface area (Å²) in [5.41, 5.74) is 0.769. The van der Waals surface area contributed by atoms with Crippen LogP contribution in [0.1, 0.15) is 11.3 Å². The lowest BCUT2D eigenvalue weighted by molar-refractivity contribution is 0.404. The van der Waals surface area contributed by atoms with E-state index in [0.717, 1.165) is 6.07 Å². The van der Waals surface area contributed by atoms with E-state index in [4.69, 9.17) is 10.00 Å². The van der Waals surface area contributed by atoms with E-state index in [2.05, 4.69) is 4.98 Å². The van der Waals surface area contributed by atoms with Crippen molar-refractivity contribution in [3.63, 3.8) is 0 Å². The van der Waals surface area contributed by atoms with E-state index >= 15 is 0 Å². The standard InChI is InChI=1S/C13H8F2N2O/c1-8-5-6-9(7-16)13(17-8)18-11-4-2-3-10(14)12(11)15/h2-6H,1H3. The predicted octanol–water partition coefficient (Wildman–Crippen LogP) is 3.33. The van der Waals surface area contributed by atoms with E-state index in [1.165, 1.54) is 18.2 Å². The first-order chi connectivity index (χ1) is 8.61. The minimum absolute atomic E-state index is 0.0398. The van der Waals surface area contributed by atoms with Crippen LogP contribution >= 0.6 is 0 Å². The first-order valence-electron chi connectivity index (χ1n) is 5.11. The highest BCUT2D eigenvalue weighted by molar-refractivity contribution is 5.41. The van der Waals surface area contributed by atoms with Gasteiger partial charge in [0.25, 0.3) is 0 Å². The number of rotatable bonds is 2. The van der Waals surface area contributed by atoms with Crippen molar-refractivity contribution >= 4 is 0 Å². The van der Waals surface area contributed by atoms with Crippen LogP contribution in [0.3, 0.4) is 0 Å². The molecule has 0 aliphatic heterocycles. The van der Waals surface area contributed by atoms with Crippen LogP contribution in [0.4, 0.5) is 8.78 Å². The molecule has 1 heterocycles. The average molecular weight is 246 g/mol. The quantitative estimate of drug-likeness (QED) is 0.816. The van der Waals surface area contributed by atoms with Gasteiger partial charge in [-0.05, 0) is 31.2 Å². The molecule has 2 rings (SSSR count). The van der Waals surface area contributed by atoms with Crippen molar-refractivity contribution in [3.8, 4) is 17.7 Å². The Labute approximate surface area is 102 Å². The van der Waals surface area contributed by atoms with Crippen LogP contribution in [0.25, 0.3) is 0 Å². The van der Waals surface area contributed by atoms with Crippen molar-refractivity contribution in [1.29, 1.82) is 5.26 Å². The van der Waals surface area contributed by atoms with Crippen LogP contribution in [-0.4, -0.2) is 4.98 Å². The van der Waals surface area contributed by atoms with E-state index in [1.807, 2.05) is 6.07 Å². The van der Waals surface area contributed by atoms with Gasteiger partial charge in [-0.15, -0.1) is 0 Å². The number of hydrogen-bond donors (Lipinski definition) is 0. The van der Waals surface area contributed by atoms with Crippen molar-refractivity contribution in [2.75, 3.05) is 0 Å². The molecule has 0 saturated heterocycles. The zero-order chi connectivity index (χ0) is 13.1. The molecule has 0 aliphatic rings. The van der Waals surface area contributed by atoms with Crippen molar-refractivity contribution in [3.05, 3.63) is 53.2 Å². The zero-order valence-electron chi connectivity index (χ0n) is 9.45. The molecule has 2 aromatic rings. The number of halogens is 2. The van der Waals surface area contributed by atoms with Crippen molar-refractivity contribution in [2.24, 2.45) is 0 Å². The summed E-state index contributed by atoms with van der Waals surface area (Å²) in [6.45, 7) is 1.70. The summed E-state index contributed by atoms with van der Waals surface area (Å²) >= 11 is 0. The maximum Gasteiger partial charge on any atom is 0.237 e. The molecule has 18 heavy (non-hydrogen) atoms. The van der Waals surface area contributed by atoms with Gasteiger partial charge in [0.1, 0.15) is 11.6 Å². The lowest BCUT2D eigenvalue weighted by atomic mass is 10.2. The number of aryl methyl sites for hydroxylation is 1. The lowest BCUT2D eigenvalue weighted by Gasteiger charge is -2.08. The normalized spacial score (nSPS) is 9.89. The summed E-state index contributed by atoms with van der Waals surface area (Å²) in [4.78, 5) is 3.98. The van der Waals surface area contributed by atoms with Crippen LogP contribution in [0.15, 0.2) is 30.3 Å². The van der Waals surface area contributed by atoms with Gasteiger partial charge in [-0.3, -0.25) is 0 Å². The van der Waals surface area contributed by atoms with Gasteiger partial charge in [-0.1, -0.05) is 6.07 Å². The molecule has 0 unspecified atom stereocenters. The van der Waals surface area contributed by atoms with Crippen molar-refractivity contribution in [2.45, 2.75) is 6.92 Å². The number of hydrogen-bond acceptors (Lipinski definition) is 3. The second-order valence-electron chi connectivity index (χ2n) is 3.57. The Kier molecular flexibility index (Phi) is 3.20. The molecule has 0 aliphatic carbocycles. The number of pyridine rings is 1. The Morgan fingerprint density at radius 1 is 1.22 bits per heavy atom.